The predicted octanol–water partition coefficient (Wildman–Crippen LogP) is 3.12. The fourth-order valence-corrected chi connectivity index (χ4v) is 1.50. The summed E-state index contributed by atoms with van der Waals surface area (Å²) in [6, 6.07) is 4.48. The van der Waals surface area contributed by atoms with Crippen LogP contribution in [0.4, 0.5) is 26.3 Å². The highest BCUT2D eigenvalue weighted by Crippen LogP contribution is 2.36. The maximum Gasteiger partial charge on any atom is 0.439 e. The first-order valence-electron chi connectivity index (χ1n) is 6.31. The fourth-order valence-electron chi connectivity index (χ4n) is 1.50. The molecule has 4 nitrogen and oxygen atoms in total. The van der Waals surface area contributed by atoms with Crippen molar-refractivity contribution in [2.75, 3.05) is 6.54 Å². The Kier molecular flexibility index (Phi) is 6.25. The molecule has 0 heterocycles. The van der Waals surface area contributed by atoms with Crippen LogP contribution in [0.15, 0.2) is 24.3 Å². The average Bonchev–Trinajstić information content (AvgIpc) is 2.43. The van der Waals surface area contributed by atoms with Gasteiger partial charge in [-0.15, -0.1) is 0 Å². The van der Waals surface area contributed by atoms with Crippen molar-refractivity contribution < 1.29 is 41.0 Å². The largest absolute Gasteiger partial charge is 0.481 e. The molecule has 130 valence electrons. The van der Waals surface area contributed by atoms with Gasteiger partial charge in [0.25, 0.3) is 6.17 Å². The maximum absolute atomic E-state index is 13.0. The molecule has 0 spiro atoms. The molecule has 1 rings (SSSR count). The van der Waals surface area contributed by atoms with Crippen LogP contribution in [0.2, 0.25) is 0 Å². The number of halogens is 6. The number of rotatable bonds is 8. The molecule has 0 saturated carbocycles. The van der Waals surface area contributed by atoms with Crippen LogP contribution in [0.5, 0.6) is 5.75 Å². The molecule has 1 atom stereocenters. The minimum absolute atomic E-state index is 0.108. The van der Waals surface area contributed by atoms with Crippen LogP contribution < -0.4 is 10.1 Å². The molecular formula is C13H13F6NO3. The van der Waals surface area contributed by atoms with Crippen molar-refractivity contribution >= 4 is 5.97 Å². The van der Waals surface area contributed by atoms with Crippen LogP contribution in [0.1, 0.15) is 12.0 Å². The Morgan fingerprint density at radius 2 is 1.74 bits per heavy atom. The Hall–Kier alpha value is -1.97. The molecule has 0 aliphatic carbocycles. The van der Waals surface area contributed by atoms with Gasteiger partial charge >= 0.3 is 18.3 Å². The monoisotopic (exact) mass is 345 g/mol. The molecule has 0 aliphatic heterocycles. The molecule has 0 radical (unpaired) electrons. The Morgan fingerprint density at radius 3 is 2.22 bits per heavy atom. The molecule has 2 N–H and O–H groups in total. The van der Waals surface area contributed by atoms with E-state index in [0.717, 1.165) is 12.1 Å². The molecule has 0 aliphatic rings. The highest BCUT2D eigenvalue weighted by molar-refractivity contribution is 5.66. The van der Waals surface area contributed by atoms with E-state index < -0.39 is 30.2 Å². The zero-order valence-corrected chi connectivity index (χ0v) is 11.5. The van der Waals surface area contributed by atoms with E-state index in [2.05, 4.69) is 10.1 Å². The lowest BCUT2D eigenvalue weighted by molar-refractivity contribution is -0.304. The summed E-state index contributed by atoms with van der Waals surface area (Å²) in [5.41, 5.74) is 0.554. The molecular weight excluding hydrogens is 332 g/mol. The Labute approximate surface area is 127 Å². The minimum atomic E-state index is -5.74. The van der Waals surface area contributed by atoms with Gasteiger partial charge in [0.1, 0.15) is 5.75 Å². The number of carboxylic acid groups (broad SMARTS) is 1. The number of carboxylic acids is 1. The van der Waals surface area contributed by atoms with Gasteiger partial charge in [0, 0.05) is 13.1 Å². The van der Waals surface area contributed by atoms with Crippen molar-refractivity contribution in [3.8, 4) is 5.75 Å². The van der Waals surface area contributed by atoms with E-state index in [1.54, 1.807) is 0 Å². The van der Waals surface area contributed by atoms with Gasteiger partial charge in [-0.2, -0.15) is 22.0 Å². The Bertz CT molecular complexity index is 517. The van der Waals surface area contributed by atoms with Crippen molar-refractivity contribution in [1.29, 1.82) is 0 Å². The summed E-state index contributed by atoms with van der Waals surface area (Å²) in [4.78, 5) is 10.3. The van der Waals surface area contributed by atoms with Crippen LogP contribution in [0.25, 0.3) is 0 Å². The van der Waals surface area contributed by atoms with Gasteiger partial charge in [-0.1, -0.05) is 12.1 Å². The summed E-state index contributed by atoms with van der Waals surface area (Å²) in [6.45, 7) is 0.402. The summed E-state index contributed by atoms with van der Waals surface area (Å²) >= 11 is 0. The van der Waals surface area contributed by atoms with Gasteiger partial charge in [0.15, 0.2) is 0 Å². The van der Waals surface area contributed by atoms with Crippen LogP contribution in [0, 0.1) is 0 Å². The number of nitrogens with one attached hydrogen (secondary N) is 1. The van der Waals surface area contributed by atoms with Gasteiger partial charge in [-0.05, 0) is 17.7 Å². The first kappa shape index (κ1) is 19.1. The third-order valence-electron chi connectivity index (χ3n) is 2.60. The fraction of sp³-hybridized carbons (Fsp3) is 0.462. The molecule has 0 amide bonds. The number of ether oxygens (including phenoxy) is 1. The van der Waals surface area contributed by atoms with Gasteiger partial charge in [0.05, 0.1) is 6.42 Å². The number of carbonyl (C=O) groups is 1. The van der Waals surface area contributed by atoms with Gasteiger partial charge in [-0.25, -0.2) is 4.39 Å². The summed E-state index contributed by atoms with van der Waals surface area (Å²) in [6.07, 6.45) is -15.3. The quantitative estimate of drug-likeness (QED) is 0.561. The van der Waals surface area contributed by atoms with Crippen LogP contribution in [-0.4, -0.2) is 36.1 Å². The van der Waals surface area contributed by atoms with E-state index in [1.165, 1.54) is 12.1 Å². The van der Waals surface area contributed by atoms with Gasteiger partial charge < -0.3 is 15.2 Å². The maximum atomic E-state index is 13.0. The molecule has 1 aromatic carbocycles. The van der Waals surface area contributed by atoms with Gasteiger partial charge in [0.2, 0.25) is 0 Å². The average molecular weight is 345 g/mol. The molecule has 1 aromatic rings. The molecule has 23 heavy (non-hydrogen) atoms. The Balaban J connectivity index is 2.58. The first-order chi connectivity index (χ1) is 10.5. The summed E-state index contributed by atoms with van der Waals surface area (Å²) < 4.78 is 78.4. The van der Waals surface area contributed by atoms with Crippen molar-refractivity contribution in [3.05, 3.63) is 29.8 Å². The number of hydrogen-bond acceptors (Lipinski definition) is 3. The van der Waals surface area contributed by atoms with E-state index in [4.69, 9.17) is 5.11 Å². The first-order valence-corrected chi connectivity index (χ1v) is 6.31. The standard InChI is InChI=1S/C13H13F6NO3/c14-11(12(15,16)17)13(18,19)23-9-3-1-8(2-4-9)7-20-6-5-10(21)22/h1-4,11,20H,5-7H2,(H,21,22). The van der Waals surface area contributed by atoms with E-state index >= 15 is 0 Å². The molecule has 0 saturated heterocycles. The normalized spacial score (nSPS) is 13.7. The van der Waals surface area contributed by atoms with Crippen molar-refractivity contribution in [1.82, 2.24) is 5.32 Å². The van der Waals surface area contributed by atoms with E-state index in [0.29, 0.717) is 5.56 Å². The number of alkyl halides is 6. The SMILES string of the molecule is O=C(O)CCNCc1ccc(OC(F)(F)C(F)C(F)(F)F)cc1. The van der Waals surface area contributed by atoms with E-state index in [1.807, 2.05) is 0 Å². The minimum Gasteiger partial charge on any atom is -0.481 e. The third-order valence-corrected chi connectivity index (χ3v) is 2.60. The lowest BCUT2D eigenvalue weighted by Gasteiger charge is -2.23. The molecule has 1 unspecified atom stereocenters. The second kappa shape index (κ2) is 7.53. The third kappa shape index (κ3) is 6.35. The number of benzene rings is 1. The van der Waals surface area contributed by atoms with E-state index in [9.17, 15) is 31.1 Å². The zero-order valence-electron chi connectivity index (χ0n) is 11.5. The highest BCUT2D eigenvalue weighted by atomic mass is 19.4. The molecule has 10 heteroatoms. The van der Waals surface area contributed by atoms with E-state index in [-0.39, 0.29) is 19.5 Å². The summed E-state index contributed by atoms with van der Waals surface area (Å²) in [7, 11) is 0. The smallest absolute Gasteiger partial charge is 0.439 e. The van der Waals surface area contributed by atoms with Crippen molar-refractivity contribution in [2.24, 2.45) is 0 Å². The zero-order chi connectivity index (χ0) is 17.7. The summed E-state index contributed by atoms with van der Waals surface area (Å²) in [5.74, 6) is -1.62. The van der Waals surface area contributed by atoms with Gasteiger partial charge in [-0.3, -0.25) is 4.79 Å². The summed E-state index contributed by atoms with van der Waals surface area (Å²) in [5, 5.41) is 11.2. The lowest BCUT2D eigenvalue weighted by atomic mass is 10.2. The van der Waals surface area contributed by atoms with Crippen molar-refractivity contribution in [3.63, 3.8) is 0 Å². The second-order valence-corrected chi connectivity index (χ2v) is 4.53. The van der Waals surface area contributed by atoms with Crippen LogP contribution in [-0.2, 0) is 11.3 Å². The number of hydrogen-bond donors (Lipinski definition) is 2. The highest BCUT2D eigenvalue weighted by Gasteiger charge is 2.59. The lowest BCUT2D eigenvalue weighted by Crippen LogP contribution is -2.45. The van der Waals surface area contributed by atoms with Crippen molar-refractivity contribution in [2.45, 2.75) is 31.4 Å². The molecule has 0 fully saturated rings. The predicted molar refractivity (Wildman–Crippen MR) is 66.9 cm³/mol. The topological polar surface area (TPSA) is 58.6 Å². The molecule has 0 bridgehead atoms. The van der Waals surface area contributed by atoms with Crippen LogP contribution >= 0.6 is 0 Å². The Morgan fingerprint density at radius 1 is 1.17 bits per heavy atom. The second-order valence-electron chi connectivity index (χ2n) is 4.53. The van der Waals surface area contributed by atoms with Crippen LogP contribution in [0.3, 0.4) is 0 Å². The number of aliphatic carboxylic acids is 1. The molecule has 0 aromatic heterocycles.